The molecule has 0 saturated carbocycles. The average molecular weight is 550 g/mol. The summed E-state index contributed by atoms with van der Waals surface area (Å²) in [6.07, 6.45) is 2.21. The number of nitrogens with zero attached hydrogens (tertiary/aromatic N) is 3. The van der Waals surface area contributed by atoms with Gasteiger partial charge in [-0.05, 0) is 66.2 Å². The number of amides is 2. The number of carbonyl (C=O) groups is 3. The highest BCUT2D eigenvalue weighted by Crippen LogP contribution is 2.23. The van der Waals surface area contributed by atoms with Crippen LogP contribution in [0.4, 0.5) is 17.4 Å². The van der Waals surface area contributed by atoms with E-state index in [9.17, 15) is 14.4 Å². The van der Waals surface area contributed by atoms with Gasteiger partial charge in [-0.3, -0.25) is 14.6 Å². The van der Waals surface area contributed by atoms with Crippen LogP contribution in [-0.2, 0) is 22.4 Å². The number of carboxylic acids is 1. The number of carboxylic acid groups (broad SMARTS) is 1. The maximum Gasteiger partial charge on any atom is 0.335 e. The fourth-order valence-corrected chi connectivity index (χ4v) is 4.22. The van der Waals surface area contributed by atoms with E-state index in [2.05, 4.69) is 20.6 Å². The molecule has 0 aliphatic carbocycles. The average Bonchev–Trinajstić information content (AvgIpc) is 3.38. The third-order valence-corrected chi connectivity index (χ3v) is 6.30. The van der Waals surface area contributed by atoms with E-state index >= 15 is 0 Å². The predicted octanol–water partition coefficient (Wildman–Crippen LogP) is 4.92. The van der Waals surface area contributed by atoms with Crippen LogP contribution >= 0.6 is 0 Å². The number of aromatic nitrogens is 2. The number of benzene rings is 3. The summed E-state index contributed by atoms with van der Waals surface area (Å²) in [7, 11) is 0. The van der Waals surface area contributed by atoms with Gasteiger partial charge in [0, 0.05) is 36.2 Å². The highest BCUT2D eigenvalue weighted by atomic mass is 16.4. The molecule has 0 radical (unpaired) electrons. The van der Waals surface area contributed by atoms with Gasteiger partial charge in [0.15, 0.2) is 5.58 Å². The minimum absolute atomic E-state index is 0.0564. The Morgan fingerprint density at radius 1 is 0.878 bits per heavy atom. The van der Waals surface area contributed by atoms with Crippen molar-refractivity contribution in [1.29, 1.82) is 0 Å². The minimum atomic E-state index is -1.05. The molecule has 0 atom stereocenters. The number of aromatic carboxylic acids is 1. The van der Waals surface area contributed by atoms with Crippen molar-refractivity contribution in [3.05, 3.63) is 114 Å². The lowest BCUT2D eigenvalue weighted by Gasteiger charge is -2.22. The number of oxazole rings is 1. The summed E-state index contributed by atoms with van der Waals surface area (Å²) in [5, 5.41) is 14.9. The lowest BCUT2D eigenvalue weighted by Crippen LogP contribution is -2.40. The molecule has 10 nitrogen and oxygen atoms in total. The molecule has 0 saturated heterocycles. The van der Waals surface area contributed by atoms with Crippen molar-refractivity contribution < 1.29 is 23.9 Å². The van der Waals surface area contributed by atoms with Crippen molar-refractivity contribution in [3.8, 4) is 0 Å². The summed E-state index contributed by atoms with van der Waals surface area (Å²) >= 11 is 0. The third kappa shape index (κ3) is 7.33. The number of hydrogen-bond acceptors (Lipinski definition) is 7. The lowest BCUT2D eigenvalue weighted by atomic mass is 10.1. The molecule has 0 aliphatic rings. The van der Waals surface area contributed by atoms with Crippen molar-refractivity contribution >= 4 is 46.3 Å². The van der Waals surface area contributed by atoms with Crippen LogP contribution in [0, 0.1) is 0 Å². The second-order valence-electron chi connectivity index (χ2n) is 9.31. The number of anilines is 3. The van der Waals surface area contributed by atoms with E-state index in [0.29, 0.717) is 29.2 Å². The zero-order valence-corrected chi connectivity index (χ0v) is 22.0. The SMILES string of the molecule is O=C(CN(CCc1ccccn1)C(=O)Cc1ccc2nc(Nc3ccccc3)oc2c1)Nc1ccc(C(=O)O)cc1. The van der Waals surface area contributed by atoms with Crippen molar-refractivity contribution in [3.63, 3.8) is 0 Å². The Bertz CT molecular complexity index is 1650. The van der Waals surface area contributed by atoms with Crippen LogP contribution in [0.1, 0.15) is 21.6 Å². The molecule has 206 valence electrons. The van der Waals surface area contributed by atoms with Crippen LogP contribution in [0.2, 0.25) is 0 Å². The Labute approximate surface area is 235 Å². The zero-order valence-electron chi connectivity index (χ0n) is 22.0. The van der Waals surface area contributed by atoms with Gasteiger partial charge in [-0.2, -0.15) is 4.98 Å². The maximum absolute atomic E-state index is 13.4. The van der Waals surface area contributed by atoms with E-state index in [4.69, 9.17) is 9.52 Å². The first-order chi connectivity index (χ1) is 19.9. The topological polar surface area (TPSA) is 138 Å². The summed E-state index contributed by atoms with van der Waals surface area (Å²) in [5.74, 6) is -1.69. The standard InChI is InChI=1S/C31H27N5O5/c37-28(33-25-12-10-22(11-13-25)30(39)40)20-36(17-15-23-6-4-5-16-32-23)29(38)19-21-9-14-26-27(18-21)41-31(35-26)34-24-7-2-1-3-8-24/h1-14,16,18H,15,17,19-20H2,(H,33,37)(H,34,35)(H,39,40). The van der Waals surface area contributed by atoms with E-state index in [1.165, 1.54) is 29.2 Å². The molecule has 3 aromatic carbocycles. The molecule has 3 N–H and O–H groups in total. The van der Waals surface area contributed by atoms with Gasteiger partial charge >= 0.3 is 5.97 Å². The van der Waals surface area contributed by atoms with Gasteiger partial charge in [-0.1, -0.05) is 30.3 Å². The van der Waals surface area contributed by atoms with Crippen LogP contribution in [0.3, 0.4) is 0 Å². The third-order valence-electron chi connectivity index (χ3n) is 6.30. The second-order valence-corrected chi connectivity index (χ2v) is 9.31. The molecule has 5 rings (SSSR count). The van der Waals surface area contributed by atoms with Crippen LogP contribution in [0.15, 0.2) is 102 Å². The van der Waals surface area contributed by atoms with Crippen LogP contribution in [-0.4, -0.2) is 50.8 Å². The number of nitrogens with one attached hydrogen (secondary N) is 2. The Hall–Kier alpha value is -5.51. The van der Waals surface area contributed by atoms with Crippen molar-refractivity contribution in [1.82, 2.24) is 14.9 Å². The summed E-state index contributed by atoms with van der Waals surface area (Å²) in [6, 6.07) is 26.7. The molecular formula is C31H27N5O5. The Kier molecular flexibility index (Phi) is 8.30. The highest BCUT2D eigenvalue weighted by molar-refractivity contribution is 5.95. The van der Waals surface area contributed by atoms with Crippen molar-refractivity contribution in [2.45, 2.75) is 12.8 Å². The minimum Gasteiger partial charge on any atom is -0.478 e. The summed E-state index contributed by atoms with van der Waals surface area (Å²) in [6.45, 7) is 0.110. The lowest BCUT2D eigenvalue weighted by molar-refractivity contribution is -0.134. The Balaban J connectivity index is 1.27. The van der Waals surface area contributed by atoms with Crippen LogP contribution < -0.4 is 10.6 Å². The van der Waals surface area contributed by atoms with E-state index < -0.39 is 11.9 Å². The zero-order chi connectivity index (χ0) is 28.6. The monoisotopic (exact) mass is 549 g/mol. The molecule has 2 aromatic heterocycles. The van der Waals surface area contributed by atoms with E-state index in [-0.39, 0.29) is 31.0 Å². The first-order valence-corrected chi connectivity index (χ1v) is 13.0. The molecule has 0 aliphatic heterocycles. The predicted molar refractivity (Wildman–Crippen MR) is 154 cm³/mol. The van der Waals surface area contributed by atoms with Crippen molar-refractivity contribution in [2.75, 3.05) is 23.7 Å². The molecule has 2 amide bonds. The molecular weight excluding hydrogens is 522 g/mol. The quantitative estimate of drug-likeness (QED) is 0.211. The molecule has 2 heterocycles. The summed E-state index contributed by atoms with van der Waals surface area (Å²) in [5.41, 5.74) is 4.11. The van der Waals surface area contributed by atoms with Gasteiger partial charge in [0.2, 0.25) is 11.8 Å². The van der Waals surface area contributed by atoms with Gasteiger partial charge in [-0.25, -0.2) is 4.79 Å². The fourth-order valence-electron chi connectivity index (χ4n) is 4.22. The molecule has 5 aromatic rings. The number of hydrogen-bond donors (Lipinski definition) is 3. The maximum atomic E-state index is 13.4. The molecule has 0 spiro atoms. The van der Waals surface area contributed by atoms with Gasteiger partial charge in [0.1, 0.15) is 5.52 Å². The first kappa shape index (κ1) is 27.1. The smallest absolute Gasteiger partial charge is 0.335 e. The van der Waals surface area contributed by atoms with E-state index in [0.717, 1.165) is 16.9 Å². The van der Waals surface area contributed by atoms with Gasteiger partial charge in [-0.15, -0.1) is 0 Å². The number of carbonyl (C=O) groups excluding carboxylic acids is 2. The summed E-state index contributed by atoms with van der Waals surface area (Å²) in [4.78, 5) is 47.7. The highest BCUT2D eigenvalue weighted by Gasteiger charge is 2.19. The summed E-state index contributed by atoms with van der Waals surface area (Å²) < 4.78 is 5.86. The number of fused-ring (bicyclic) bond motifs is 1. The molecule has 0 unspecified atom stereocenters. The molecule has 10 heteroatoms. The van der Waals surface area contributed by atoms with Gasteiger partial charge in [0.25, 0.3) is 6.01 Å². The van der Waals surface area contributed by atoms with Crippen molar-refractivity contribution in [2.24, 2.45) is 0 Å². The molecule has 0 fully saturated rings. The largest absolute Gasteiger partial charge is 0.478 e. The Morgan fingerprint density at radius 3 is 2.39 bits per heavy atom. The molecule has 0 bridgehead atoms. The molecule has 41 heavy (non-hydrogen) atoms. The van der Waals surface area contributed by atoms with Crippen LogP contribution in [0.5, 0.6) is 0 Å². The fraction of sp³-hybridized carbons (Fsp3) is 0.129. The van der Waals surface area contributed by atoms with Crippen LogP contribution in [0.25, 0.3) is 11.1 Å². The van der Waals surface area contributed by atoms with E-state index in [1.807, 2.05) is 54.6 Å². The second kappa shape index (κ2) is 12.6. The Morgan fingerprint density at radius 2 is 1.66 bits per heavy atom. The van der Waals surface area contributed by atoms with E-state index in [1.54, 1.807) is 18.3 Å². The van der Waals surface area contributed by atoms with Gasteiger partial charge < -0.3 is 25.1 Å². The number of rotatable bonds is 11. The number of para-hydroxylation sites is 1. The first-order valence-electron chi connectivity index (χ1n) is 13.0. The number of pyridine rings is 1. The van der Waals surface area contributed by atoms with Gasteiger partial charge in [0.05, 0.1) is 18.5 Å². The normalized spacial score (nSPS) is 10.7.